The molecule has 0 unspecified atom stereocenters. The third-order valence-corrected chi connectivity index (χ3v) is 4.72. The molecule has 2 aromatic heterocycles. The number of anilines is 1. The molecule has 2 aromatic carbocycles. The lowest BCUT2D eigenvalue weighted by Crippen LogP contribution is -2.11. The van der Waals surface area contributed by atoms with Gasteiger partial charge in [-0.05, 0) is 24.3 Å². The molecule has 0 saturated heterocycles. The molecular weight excluding hydrogens is 390 g/mol. The maximum absolute atomic E-state index is 12.2. The van der Waals surface area contributed by atoms with Gasteiger partial charge >= 0.3 is 0 Å². The van der Waals surface area contributed by atoms with Crippen LogP contribution < -0.4 is 11.1 Å². The Balaban J connectivity index is 1.92. The lowest BCUT2D eigenvalue weighted by molar-refractivity contribution is -0.111. The van der Waals surface area contributed by atoms with Gasteiger partial charge in [-0.25, -0.2) is 4.52 Å². The smallest absolute Gasteiger partial charge is 0.254 e. The maximum atomic E-state index is 12.2. The van der Waals surface area contributed by atoms with Gasteiger partial charge in [-0.1, -0.05) is 48.5 Å². The highest BCUT2D eigenvalue weighted by Gasteiger charge is 2.23. The van der Waals surface area contributed by atoms with Crippen molar-refractivity contribution in [1.29, 1.82) is 0 Å². The van der Waals surface area contributed by atoms with Gasteiger partial charge in [0.05, 0.1) is 11.4 Å². The molecule has 0 aliphatic rings. The Kier molecular flexibility index (Phi) is 4.66. The molecule has 0 atom stereocenters. The number of carbonyl (C=O) groups is 2. The van der Waals surface area contributed by atoms with Crippen molar-refractivity contribution < 1.29 is 9.59 Å². The van der Waals surface area contributed by atoms with Crippen LogP contribution in [0.25, 0.3) is 28.2 Å². The summed E-state index contributed by atoms with van der Waals surface area (Å²) in [5, 5.41) is 7.97. The molecule has 0 aliphatic carbocycles. The molecule has 144 valence electrons. The first-order valence-corrected chi connectivity index (χ1v) is 9.06. The first-order chi connectivity index (χ1) is 14.0. The van der Waals surface area contributed by atoms with Gasteiger partial charge in [-0.15, -0.1) is 0 Å². The van der Waals surface area contributed by atoms with Gasteiger partial charge in [0, 0.05) is 22.3 Å². The second kappa shape index (κ2) is 7.29. The molecular formula is C21H16ClN5O2. The first-order valence-electron chi connectivity index (χ1n) is 8.68. The third kappa shape index (κ3) is 3.28. The molecule has 7 nitrogen and oxygen atoms in total. The minimum absolute atomic E-state index is 0.270. The van der Waals surface area contributed by atoms with Crippen LogP contribution in [0.5, 0.6) is 0 Å². The molecule has 29 heavy (non-hydrogen) atoms. The van der Waals surface area contributed by atoms with Crippen molar-refractivity contribution in [3.05, 3.63) is 78.0 Å². The van der Waals surface area contributed by atoms with Crippen molar-refractivity contribution in [3.8, 4) is 22.5 Å². The van der Waals surface area contributed by atoms with Crippen LogP contribution >= 0.6 is 11.6 Å². The Labute approximate surface area is 170 Å². The number of aromatic nitrogens is 3. The van der Waals surface area contributed by atoms with Crippen LogP contribution in [0.2, 0.25) is 5.02 Å². The maximum Gasteiger partial charge on any atom is 0.254 e. The number of primary amides is 1. The van der Waals surface area contributed by atoms with Crippen LogP contribution in [0.3, 0.4) is 0 Å². The number of fused-ring (bicyclic) bond motifs is 1. The Morgan fingerprint density at radius 2 is 1.90 bits per heavy atom. The van der Waals surface area contributed by atoms with E-state index in [0.717, 1.165) is 5.56 Å². The summed E-state index contributed by atoms with van der Waals surface area (Å²) >= 11 is 5.97. The quantitative estimate of drug-likeness (QED) is 0.439. The van der Waals surface area contributed by atoms with E-state index in [1.54, 1.807) is 41.0 Å². The Morgan fingerprint density at radius 1 is 1.17 bits per heavy atom. The molecule has 2 heterocycles. The van der Waals surface area contributed by atoms with Gasteiger partial charge in [0.1, 0.15) is 16.9 Å². The summed E-state index contributed by atoms with van der Waals surface area (Å²) in [5.74, 6) is -0.934. The van der Waals surface area contributed by atoms with Crippen LogP contribution in [-0.2, 0) is 4.79 Å². The molecule has 4 rings (SSSR count). The molecule has 0 aliphatic heterocycles. The molecule has 4 aromatic rings. The van der Waals surface area contributed by atoms with E-state index in [9.17, 15) is 9.59 Å². The van der Waals surface area contributed by atoms with E-state index in [4.69, 9.17) is 17.3 Å². The second-order valence-electron chi connectivity index (χ2n) is 6.27. The van der Waals surface area contributed by atoms with Crippen LogP contribution in [-0.4, -0.2) is 26.4 Å². The zero-order valence-corrected chi connectivity index (χ0v) is 15.9. The molecule has 4 N–H and O–H groups in total. The summed E-state index contributed by atoms with van der Waals surface area (Å²) in [6.07, 6.45) is 2.90. The highest BCUT2D eigenvalue weighted by Crippen LogP contribution is 2.32. The topological polar surface area (TPSA) is 105 Å². The number of halogens is 1. The molecule has 2 amide bonds. The molecule has 0 radical (unpaired) electrons. The number of para-hydroxylation sites is 1. The van der Waals surface area contributed by atoms with Crippen molar-refractivity contribution in [2.45, 2.75) is 0 Å². The van der Waals surface area contributed by atoms with Gasteiger partial charge in [0.15, 0.2) is 0 Å². The number of rotatable bonds is 5. The average molecular weight is 406 g/mol. The minimum atomic E-state index is -0.605. The predicted octanol–water partition coefficient (Wildman–Crippen LogP) is 3.87. The fourth-order valence-corrected chi connectivity index (χ4v) is 3.28. The third-order valence-electron chi connectivity index (χ3n) is 4.47. The molecule has 0 spiro atoms. The zero-order valence-electron chi connectivity index (χ0n) is 15.1. The van der Waals surface area contributed by atoms with E-state index in [-0.39, 0.29) is 11.5 Å². The largest absolute Gasteiger partial charge is 0.365 e. The Hall–Kier alpha value is -3.84. The number of nitrogens with zero attached hydrogens (tertiary/aromatic N) is 2. The molecule has 0 fully saturated rings. The SMILES string of the molecule is C=CC(=O)Nc1ccccc1-c1c[nH]c2c(C(N)=O)c(-c3ccc(Cl)cc3)nn12. The summed E-state index contributed by atoms with van der Waals surface area (Å²) in [4.78, 5) is 27.1. The number of nitrogens with two attached hydrogens (primary N) is 1. The summed E-state index contributed by atoms with van der Waals surface area (Å²) in [7, 11) is 0. The lowest BCUT2D eigenvalue weighted by Gasteiger charge is -2.08. The van der Waals surface area contributed by atoms with Gasteiger partial charge < -0.3 is 16.0 Å². The van der Waals surface area contributed by atoms with Gasteiger partial charge in [0.25, 0.3) is 5.91 Å². The van der Waals surface area contributed by atoms with Crippen molar-refractivity contribution in [2.24, 2.45) is 5.73 Å². The number of hydrogen-bond donors (Lipinski definition) is 3. The average Bonchev–Trinajstić information content (AvgIpc) is 3.28. The van der Waals surface area contributed by atoms with Crippen LogP contribution in [0.4, 0.5) is 5.69 Å². The standard InChI is InChI=1S/C21H16ClN5O2/c1-2-17(28)25-15-6-4-3-5-14(15)16-11-24-21-18(20(23)29)19(26-27(16)21)12-7-9-13(22)10-8-12/h2-11,24H,1H2,(H2,23,29)(H,25,28). The number of benzene rings is 2. The van der Waals surface area contributed by atoms with E-state index >= 15 is 0 Å². The number of imidazole rings is 1. The Bertz CT molecular complexity index is 1250. The van der Waals surface area contributed by atoms with Crippen molar-refractivity contribution in [2.75, 3.05) is 5.32 Å². The minimum Gasteiger partial charge on any atom is -0.365 e. The highest BCUT2D eigenvalue weighted by atomic mass is 35.5. The molecule has 0 saturated carbocycles. The summed E-state index contributed by atoms with van der Waals surface area (Å²) in [6.45, 7) is 3.48. The number of carbonyl (C=O) groups excluding carboxylic acids is 2. The van der Waals surface area contributed by atoms with Crippen molar-refractivity contribution in [3.63, 3.8) is 0 Å². The van der Waals surface area contributed by atoms with Crippen LogP contribution in [0.15, 0.2) is 67.4 Å². The number of amides is 2. The first kappa shape index (κ1) is 18.5. The fourth-order valence-electron chi connectivity index (χ4n) is 3.16. The molecule has 8 heteroatoms. The Morgan fingerprint density at radius 3 is 2.59 bits per heavy atom. The van der Waals surface area contributed by atoms with Crippen LogP contribution in [0, 0.1) is 0 Å². The van der Waals surface area contributed by atoms with Crippen molar-refractivity contribution in [1.82, 2.24) is 14.6 Å². The number of hydrogen-bond acceptors (Lipinski definition) is 3. The van der Waals surface area contributed by atoms with E-state index in [2.05, 4.69) is 22.0 Å². The predicted molar refractivity (Wildman–Crippen MR) is 113 cm³/mol. The summed E-state index contributed by atoms with van der Waals surface area (Å²) < 4.78 is 1.60. The second-order valence-corrected chi connectivity index (χ2v) is 6.70. The van der Waals surface area contributed by atoms with Gasteiger partial charge in [-0.2, -0.15) is 5.10 Å². The van der Waals surface area contributed by atoms with Gasteiger partial charge in [0.2, 0.25) is 5.91 Å². The monoisotopic (exact) mass is 405 g/mol. The van der Waals surface area contributed by atoms with E-state index in [1.807, 2.05) is 18.2 Å². The van der Waals surface area contributed by atoms with Crippen molar-refractivity contribution >= 4 is 34.7 Å². The van der Waals surface area contributed by atoms with E-state index in [0.29, 0.717) is 33.3 Å². The summed E-state index contributed by atoms with van der Waals surface area (Å²) in [6, 6.07) is 14.2. The number of aromatic amines is 1. The van der Waals surface area contributed by atoms with Crippen LogP contribution in [0.1, 0.15) is 10.4 Å². The zero-order chi connectivity index (χ0) is 20.5. The van der Waals surface area contributed by atoms with E-state index in [1.165, 1.54) is 6.08 Å². The lowest BCUT2D eigenvalue weighted by atomic mass is 10.1. The fraction of sp³-hybridized carbons (Fsp3) is 0. The normalized spacial score (nSPS) is 10.8. The van der Waals surface area contributed by atoms with E-state index < -0.39 is 5.91 Å². The van der Waals surface area contributed by atoms with Gasteiger partial charge in [-0.3, -0.25) is 9.59 Å². The number of nitrogens with one attached hydrogen (secondary N) is 2. The highest BCUT2D eigenvalue weighted by molar-refractivity contribution is 6.30. The molecule has 0 bridgehead atoms. The number of H-pyrrole nitrogens is 1. The summed E-state index contributed by atoms with van der Waals surface area (Å²) in [5.41, 5.74) is 9.48.